The lowest BCUT2D eigenvalue weighted by Crippen LogP contribution is -2.22. The Hall–Kier alpha value is -4.58. The summed E-state index contributed by atoms with van der Waals surface area (Å²) >= 11 is 1.31. The van der Waals surface area contributed by atoms with Crippen molar-refractivity contribution < 1.29 is 4.79 Å². The van der Waals surface area contributed by atoms with Crippen molar-refractivity contribution >= 4 is 46.1 Å². The van der Waals surface area contributed by atoms with Gasteiger partial charge in [0.15, 0.2) is 0 Å². The fourth-order valence-electron chi connectivity index (χ4n) is 3.95. The molecule has 0 radical (unpaired) electrons. The SMILES string of the molecule is CNc1ncc2cc(-c3cccc(NC(=O)Nc4cc(C(C)(C)C)nn4-c4cnsc4)c3)c(=O)n(C)c2n1. The van der Waals surface area contributed by atoms with Gasteiger partial charge in [-0.05, 0) is 35.3 Å². The van der Waals surface area contributed by atoms with Crippen LogP contribution in [0.1, 0.15) is 26.5 Å². The molecule has 0 spiro atoms. The molecular formula is C26H27N9O2S. The fraction of sp³-hybridized carbons (Fsp3) is 0.231. The molecule has 0 aliphatic heterocycles. The highest BCUT2D eigenvalue weighted by Gasteiger charge is 2.22. The maximum absolute atomic E-state index is 13.2. The highest BCUT2D eigenvalue weighted by molar-refractivity contribution is 7.03. The molecule has 194 valence electrons. The van der Waals surface area contributed by atoms with Crippen LogP contribution in [0.2, 0.25) is 0 Å². The molecule has 2 amide bonds. The van der Waals surface area contributed by atoms with Crippen molar-refractivity contribution in [3.63, 3.8) is 0 Å². The molecule has 0 saturated heterocycles. The second-order valence-corrected chi connectivity index (χ2v) is 10.4. The van der Waals surface area contributed by atoms with Gasteiger partial charge in [0.1, 0.15) is 11.5 Å². The molecule has 0 fully saturated rings. The summed E-state index contributed by atoms with van der Waals surface area (Å²) < 4.78 is 7.31. The molecule has 11 nitrogen and oxygen atoms in total. The van der Waals surface area contributed by atoms with Gasteiger partial charge in [-0.15, -0.1) is 0 Å². The lowest BCUT2D eigenvalue weighted by Gasteiger charge is -2.13. The topological polar surface area (TPSA) is 132 Å². The van der Waals surface area contributed by atoms with Crippen LogP contribution in [0, 0.1) is 0 Å². The third kappa shape index (κ3) is 4.85. The van der Waals surface area contributed by atoms with E-state index in [2.05, 4.69) is 56.2 Å². The lowest BCUT2D eigenvalue weighted by atomic mass is 9.92. The van der Waals surface area contributed by atoms with Crippen LogP contribution in [0.3, 0.4) is 0 Å². The van der Waals surface area contributed by atoms with Gasteiger partial charge in [-0.2, -0.15) is 14.5 Å². The Kier molecular flexibility index (Phi) is 6.41. The highest BCUT2D eigenvalue weighted by atomic mass is 32.1. The minimum Gasteiger partial charge on any atom is -0.357 e. The number of amides is 2. The predicted octanol–water partition coefficient (Wildman–Crippen LogP) is 4.62. The summed E-state index contributed by atoms with van der Waals surface area (Å²) in [5.41, 5.74) is 3.38. The van der Waals surface area contributed by atoms with E-state index in [-0.39, 0.29) is 11.0 Å². The summed E-state index contributed by atoms with van der Waals surface area (Å²) in [5.74, 6) is 0.955. The van der Waals surface area contributed by atoms with Crippen molar-refractivity contribution in [2.45, 2.75) is 26.2 Å². The number of hydrogen-bond donors (Lipinski definition) is 3. The highest BCUT2D eigenvalue weighted by Crippen LogP contribution is 2.27. The van der Waals surface area contributed by atoms with Gasteiger partial charge < -0.3 is 10.6 Å². The summed E-state index contributed by atoms with van der Waals surface area (Å²) in [6.07, 6.45) is 3.37. The summed E-state index contributed by atoms with van der Waals surface area (Å²) in [6, 6.07) is 10.3. The van der Waals surface area contributed by atoms with Gasteiger partial charge in [0.25, 0.3) is 5.56 Å². The third-order valence-corrected chi connectivity index (χ3v) is 6.56. The number of fused-ring (bicyclic) bond motifs is 1. The monoisotopic (exact) mass is 529 g/mol. The zero-order chi connectivity index (χ0) is 27.0. The molecule has 5 rings (SSSR count). The molecule has 0 aliphatic carbocycles. The number of urea groups is 1. The smallest absolute Gasteiger partial charge is 0.324 e. The number of pyridine rings is 1. The predicted molar refractivity (Wildman–Crippen MR) is 150 cm³/mol. The van der Waals surface area contributed by atoms with Crippen molar-refractivity contribution in [2.24, 2.45) is 7.05 Å². The molecule has 0 atom stereocenters. The number of anilines is 3. The quantitative estimate of drug-likeness (QED) is 0.303. The van der Waals surface area contributed by atoms with Crippen LogP contribution < -0.4 is 21.5 Å². The van der Waals surface area contributed by atoms with Crippen LogP contribution in [-0.4, -0.2) is 41.8 Å². The number of rotatable bonds is 5. The molecule has 0 bridgehead atoms. The van der Waals surface area contributed by atoms with Gasteiger partial charge in [-0.3, -0.25) is 14.7 Å². The largest absolute Gasteiger partial charge is 0.357 e. The number of carbonyl (C=O) groups is 1. The summed E-state index contributed by atoms with van der Waals surface area (Å²) in [6.45, 7) is 6.18. The molecule has 5 aromatic rings. The van der Waals surface area contributed by atoms with E-state index < -0.39 is 6.03 Å². The molecule has 0 aliphatic rings. The number of nitrogens with one attached hydrogen (secondary N) is 3. The second kappa shape index (κ2) is 9.71. The Balaban J connectivity index is 1.42. The Morgan fingerprint density at radius 3 is 2.61 bits per heavy atom. The Morgan fingerprint density at radius 1 is 1.08 bits per heavy atom. The van der Waals surface area contributed by atoms with E-state index in [0.29, 0.717) is 34.2 Å². The zero-order valence-electron chi connectivity index (χ0n) is 21.6. The first-order valence-corrected chi connectivity index (χ1v) is 12.7. The summed E-state index contributed by atoms with van der Waals surface area (Å²) in [7, 11) is 3.40. The number of hydrogen-bond acceptors (Lipinski definition) is 8. The lowest BCUT2D eigenvalue weighted by molar-refractivity contribution is 0.262. The maximum Gasteiger partial charge on any atom is 0.324 e. The third-order valence-electron chi connectivity index (χ3n) is 5.99. The number of aryl methyl sites for hydroxylation is 1. The maximum atomic E-state index is 13.2. The average molecular weight is 530 g/mol. The Bertz CT molecular complexity index is 1700. The Labute approximate surface area is 222 Å². The first-order valence-electron chi connectivity index (χ1n) is 11.9. The van der Waals surface area contributed by atoms with E-state index in [0.717, 1.165) is 16.8 Å². The van der Waals surface area contributed by atoms with E-state index in [1.54, 1.807) is 55.4 Å². The van der Waals surface area contributed by atoms with E-state index in [4.69, 9.17) is 0 Å². The molecule has 4 aromatic heterocycles. The van der Waals surface area contributed by atoms with Gasteiger partial charge >= 0.3 is 6.03 Å². The van der Waals surface area contributed by atoms with Gasteiger partial charge in [0.2, 0.25) is 5.95 Å². The molecule has 1 aromatic carbocycles. The first kappa shape index (κ1) is 25.1. The van der Waals surface area contributed by atoms with Gasteiger partial charge in [0.05, 0.1) is 17.6 Å². The van der Waals surface area contributed by atoms with Crippen LogP contribution in [0.4, 0.5) is 22.2 Å². The standard InChI is InChI=1S/C26H27N9O2S/c1-26(2,3)20-11-21(35(33-20)18-13-29-38-14-18)31-25(37)30-17-8-6-7-15(9-17)19-10-16-12-28-24(27-4)32-22(16)34(5)23(19)36/h6-14H,1-5H3,(H,27,28,32)(H2,30,31,37). The van der Waals surface area contributed by atoms with Crippen molar-refractivity contribution in [3.8, 4) is 16.8 Å². The van der Waals surface area contributed by atoms with Gasteiger partial charge in [0, 0.05) is 53.8 Å². The van der Waals surface area contributed by atoms with Gasteiger partial charge in [-0.25, -0.2) is 14.5 Å². The van der Waals surface area contributed by atoms with Crippen molar-refractivity contribution in [1.29, 1.82) is 0 Å². The van der Waals surface area contributed by atoms with E-state index in [1.807, 2.05) is 17.5 Å². The van der Waals surface area contributed by atoms with Crippen LogP contribution in [-0.2, 0) is 12.5 Å². The minimum atomic E-state index is -0.439. The molecular weight excluding hydrogens is 502 g/mol. The van der Waals surface area contributed by atoms with Gasteiger partial charge in [-0.1, -0.05) is 32.9 Å². The minimum absolute atomic E-state index is 0.206. The van der Waals surface area contributed by atoms with E-state index in [1.165, 1.54) is 16.1 Å². The molecule has 3 N–H and O–H groups in total. The van der Waals surface area contributed by atoms with Crippen LogP contribution in [0.15, 0.2) is 59.0 Å². The van der Waals surface area contributed by atoms with Crippen molar-refractivity contribution in [1.82, 2.24) is 28.7 Å². The van der Waals surface area contributed by atoms with E-state index >= 15 is 0 Å². The molecule has 38 heavy (non-hydrogen) atoms. The zero-order valence-corrected chi connectivity index (χ0v) is 22.4. The van der Waals surface area contributed by atoms with Crippen LogP contribution in [0.5, 0.6) is 0 Å². The number of benzene rings is 1. The Morgan fingerprint density at radius 2 is 1.89 bits per heavy atom. The second-order valence-electron chi connectivity index (χ2n) is 9.76. The van der Waals surface area contributed by atoms with Crippen molar-refractivity contribution in [2.75, 3.05) is 23.0 Å². The normalized spacial score (nSPS) is 11.5. The van der Waals surface area contributed by atoms with Crippen molar-refractivity contribution in [3.05, 3.63) is 70.2 Å². The molecule has 0 saturated carbocycles. The number of nitrogens with zero attached hydrogens (tertiary/aromatic N) is 6. The number of aromatic nitrogens is 6. The summed E-state index contributed by atoms with van der Waals surface area (Å²) in [4.78, 5) is 34.8. The summed E-state index contributed by atoms with van der Waals surface area (Å²) in [5, 5.41) is 15.9. The van der Waals surface area contributed by atoms with E-state index in [9.17, 15) is 9.59 Å². The van der Waals surface area contributed by atoms with Crippen LogP contribution >= 0.6 is 11.5 Å². The molecule has 4 heterocycles. The molecule has 0 unspecified atom stereocenters. The number of carbonyl (C=O) groups excluding carboxylic acids is 1. The first-order chi connectivity index (χ1) is 18.1. The fourth-order valence-corrected chi connectivity index (χ4v) is 4.45. The molecule has 12 heteroatoms. The van der Waals surface area contributed by atoms with Crippen LogP contribution in [0.25, 0.3) is 27.8 Å². The average Bonchev–Trinajstić information content (AvgIpc) is 3.56.